The summed E-state index contributed by atoms with van der Waals surface area (Å²) in [6, 6.07) is 10.3. The molecule has 0 aliphatic rings. The van der Waals surface area contributed by atoms with E-state index in [0.717, 1.165) is 12.8 Å². The Hall–Kier alpha value is 0.100. The largest absolute Gasteiger partial charge is 1.00 e. The number of carbonyl (C=O) groups excluding carboxylic acids is 1. The van der Waals surface area contributed by atoms with Crippen LogP contribution in [-0.4, -0.2) is 10.8 Å². The molecule has 0 amide bonds. The summed E-state index contributed by atoms with van der Waals surface area (Å²) in [7, 11) is 0. The SMILES string of the molecule is CC(C)(C)NN.CCCCC(=O)Cl.Cc1ccccc1.[Na+]. The molecule has 5 heteroatoms. The molecule has 0 bridgehead atoms. The molecule has 0 saturated carbocycles. The van der Waals surface area contributed by atoms with E-state index in [9.17, 15) is 4.79 Å². The molecule has 0 aliphatic carbocycles. The molecule has 3 nitrogen and oxygen atoms in total. The number of hydrazine groups is 1. The fraction of sp³-hybridized carbons (Fsp3) is 0.562. The third-order valence-corrected chi connectivity index (χ3v) is 2.29. The first-order chi connectivity index (χ1) is 9.22. The van der Waals surface area contributed by atoms with E-state index in [4.69, 9.17) is 17.4 Å². The standard InChI is InChI=1S/C7H8.C5H9ClO.C4H12N2.Na/c1-7-5-3-2-4-6-7;1-2-3-4-5(6)7;1-4(2,3)6-5;/h2-6H,1H3;2-4H2,1H3;6H,5H2,1-3H3;/q;;;+1. The number of nitrogens with two attached hydrogens (primary N) is 1. The molecule has 0 spiro atoms. The first-order valence-electron chi connectivity index (χ1n) is 6.90. The van der Waals surface area contributed by atoms with Crippen LogP contribution in [0.4, 0.5) is 0 Å². The van der Waals surface area contributed by atoms with Crippen molar-refractivity contribution in [2.75, 3.05) is 0 Å². The molecule has 0 aromatic heterocycles. The molecule has 116 valence electrons. The topological polar surface area (TPSA) is 55.1 Å². The van der Waals surface area contributed by atoms with Crippen molar-refractivity contribution in [3.8, 4) is 0 Å². The fourth-order valence-corrected chi connectivity index (χ4v) is 0.984. The minimum atomic E-state index is -0.221. The molecule has 21 heavy (non-hydrogen) atoms. The Balaban J connectivity index is -0.000000227. The van der Waals surface area contributed by atoms with Crippen LogP contribution in [0.15, 0.2) is 30.3 Å². The van der Waals surface area contributed by atoms with E-state index < -0.39 is 0 Å². The van der Waals surface area contributed by atoms with Crippen molar-refractivity contribution in [2.24, 2.45) is 5.84 Å². The van der Waals surface area contributed by atoms with E-state index in [0.29, 0.717) is 6.42 Å². The zero-order valence-electron chi connectivity index (χ0n) is 14.4. The van der Waals surface area contributed by atoms with Gasteiger partial charge in [0, 0.05) is 12.0 Å². The zero-order chi connectivity index (χ0) is 16.0. The normalized spacial score (nSPS) is 9.29. The Morgan fingerprint density at radius 1 is 1.24 bits per heavy atom. The number of benzene rings is 1. The minimum absolute atomic E-state index is 0. The Morgan fingerprint density at radius 3 is 1.81 bits per heavy atom. The van der Waals surface area contributed by atoms with Crippen LogP contribution in [-0.2, 0) is 4.79 Å². The summed E-state index contributed by atoms with van der Waals surface area (Å²) in [5.41, 5.74) is 4.00. The third kappa shape index (κ3) is 28.9. The number of rotatable bonds is 3. The van der Waals surface area contributed by atoms with Crippen LogP contribution in [0.5, 0.6) is 0 Å². The third-order valence-electron chi connectivity index (χ3n) is 2.10. The summed E-state index contributed by atoms with van der Waals surface area (Å²) in [5, 5.41) is -0.221. The fourth-order valence-electron chi connectivity index (χ4n) is 0.850. The number of unbranched alkanes of at least 4 members (excludes halogenated alkanes) is 1. The summed E-state index contributed by atoms with van der Waals surface area (Å²) in [4.78, 5) is 9.97. The predicted octanol–water partition coefficient (Wildman–Crippen LogP) is 1.19. The average molecular weight is 324 g/mol. The Bertz CT molecular complexity index is 340. The van der Waals surface area contributed by atoms with Gasteiger partial charge in [-0.1, -0.05) is 49.2 Å². The quantitative estimate of drug-likeness (QED) is 0.380. The van der Waals surface area contributed by atoms with Crippen molar-refractivity contribution >= 4 is 16.8 Å². The van der Waals surface area contributed by atoms with Crippen LogP contribution in [0, 0.1) is 6.92 Å². The molecule has 1 aromatic carbocycles. The van der Waals surface area contributed by atoms with Crippen LogP contribution < -0.4 is 40.8 Å². The molecule has 0 radical (unpaired) electrons. The molecule has 0 unspecified atom stereocenters. The van der Waals surface area contributed by atoms with E-state index >= 15 is 0 Å². The van der Waals surface area contributed by atoms with Gasteiger partial charge in [-0.15, -0.1) is 0 Å². The Kier molecular flexibility index (Phi) is 20.4. The number of carbonyl (C=O) groups is 1. The summed E-state index contributed by atoms with van der Waals surface area (Å²) < 4.78 is 0. The van der Waals surface area contributed by atoms with Gasteiger partial charge in [0.05, 0.1) is 0 Å². The molecular weight excluding hydrogens is 295 g/mol. The van der Waals surface area contributed by atoms with Crippen LogP contribution in [0.25, 0.3) is 0 Å². The van der Waals surface area contributed by atoms with Gasteiger partial charge in [0.1, 0.15) is 0 Å². The smallest absolute Gasteiger partial charge is 0.281 e. The van der Waals surface area contributed by atoms with Gasteiger partial charge < -0.3 is 0 Å². The van der Waals surface area contributed by atoms with Crippen molar-refractivity contribution in [2.45, 2.75) is 59.4 Å². The van der Waals surface area contributed by atoms with Gasteiger partial charge in [0.15, 0.2) is 0 Å². The van der Waals surface area contributed by atoms with Gasteiger partial charge in [-0.3, -0.25) is 16.1 Å². The van der Waals surface area contributed by atoms with E-state index in [2.05, 4.69) is 24.5 Å². The molecule has 0 aliphatic heterocycles. The van der Waals surface area contributed by atoms with Gasteiger partial charge in [-0.2, -0.15) is 0 Å². The maximum atomic E-state index is 9.97. The number of hydrogen-bond donors (Lipinski definition) is 2. The summed E-state index contributed by atoms with van der Waals surface area (Å²) in [6.45, 7) is 10.1. The second-order valence-corrected chi connectivity index (χ2v) is 5.93. The summed E-state index contributed by atoms with van der Waals surface area (Å²) in [5.74, 6) is 5.06. The summed E-state index contributed by atoms with van der Waals surface area (Å²) >= 11 is 5.02. The second kappa shape index (κ2) is 16.5. The number of hydrogen-bond acceptors (Lipinski definition) is 3. The van der Waals surface area contributed by atoms with Crippen molar-refractivity contribution in [1.29, 1.82) is 0 Å². The predicted molar refractivity (Wildman–Crippen MR) is 88.6 cm³/mol. The van der Waals surface area contributed by atoms with Gasteiger partial charge in [-0.25, -0.2) is 0 Å². The van der Waals surface area contributed by atoms with Gasteiger partial charge in [-0.05, 0) is 45.7 Å². The Morgan fingerprint density at radius 2 is 1.67 bits per heavy atom. The molecule has 0 saturated heterocycles. The van der Waals surface area contributed by atoms with Crippen LogP contribution in [0.1, 0.15) is 52.5 Å². The van der Waals surface area contributed by atoms with Crippen molar-refractivity contribution in [1.82, 2.24) is 5.43 Å². The molecule has 1 rings (SSSR count). The van der Waals surface area contributed by atoms with E-state index in [-0.39, 0.29) is 40.3 Å². The number of halogens is 1. The molecule has 0 atom stereocenters. The summed E-state index contributed by atoms with van der Waals surface area (Å²) in [6.07, 6.45) is 2.48. The first kappa shape index (κ1) is 26.0. The van der Waals surface area contributed by atoms with Crippen molar-refractivity contribution in [3.63, 3.8) is 0 Å². The van der Waals surface area contributed by atoms with E-state index in [1.54, 1.807) is 0 Å². The molecular formula is C16H29ClN2NaO+. The minimum Gasteiger partial charge on any atom is -0.281 e. The maximum Gasteiger partial charge on any atom is 1.00 e. The van der Waals surface area contributed by atoms with Gasteiger partial charge in [0.25, 0.3) is 0 Å². The number of nitrogens with one attached hydrogen (secondary N) is 1. The van der Waals surface area contributed by atoms with E-state index in [1.165, 1.54) is 5.56 Å². The molecule has 0 fully saturated rings. The molecule has 0 heterocycles. The van der Waals surface area contributed by atoms with Crippen LogP contribution >= 0.6 is 11.6 Å². The van der Waals surface area contributed by atoms with Gasteiger partial charge >= 0.3 is 29.6 Å². The Labute approximate surface area is 157 Å². The maximum absolute atomic E-state index is 9.97. The van der Waals surface area contributed by atoms with E-state index in [1.807, 2.05) is 45.9 Å². The van der Waals surface area contributed by atoms with Gasteiger partial charge in [0.2, 0.25) is 5.24 Å². The monoisotopic (exact) mass is 323 g/mol. The van der Waals surface area contributed by atoms with Crippen LogP contribution in [0.2, 0.25) is 0 Å². The molecule has 1 aromatic rings. The number of aryl methyl sites for hydroxylation is 1. The first-order valence-corrected chi connectivity index (χ1v) is 7.28. The van der Waals surface area contributed by atoms with Crippen molar-refractivity contribution < 1.29 is 34.4 Å². The molecule has 3 N–H and O–H groups in total. The zero-order valence-corrected chi connectivity index (χ0v) is 17.1. The van der Waals surface area contributed by atoms with Crippen molar-refractivity contribution in [3.05, 3.63) is 35.9 Å². The average Bonchev–Trinajstić information content (AvgIpc) is 2.38. The second-order valence-electron chi connectivity index (χ2n) is 5.51. The van der Waals surface area contributed by atoms with Crippen LogP contribution in [0.3, 0.4) is 0 Å².